The van der Waals surface area contributed by atoms with E-state index in [1.807, 2.05) is 0 Å². The Bertz CT molecular complexity index is 446. The summed E-state index contributed by atoms with van der Waals surface area (Å²) in [6, 6.07) is 8.24. The molecule has 6 heteroatoms. The molecule has 0 radical (unpaired) electrons. The zero-order chi connectivity index (χ0) is 13.8. The number of carbonyl (C=O) groups is 2. The van der Waals surface area contributed by atoms with Gasteiger partial charge in [-0.3, -0.25) is 0 Å². The van der Waals surface area contributed by atoms with Crippen LogP contribution in [0.25, 0.3) is 0 Å². The van der Waals surface area contributed by atoms with Crippen LogP contribution in [0.1, 0.15) is 10.4 Å². The van der Waals surface area contributed by atoms with E-state index in [0.717, 1.165) is 0 Å². The first kappa shape index (κ1) is 13.7. The Kier molecular flexibility index (Phi) is 4.26. The predicted molar refractivity (Wildman–Crippen MR) is 63.5 cm³/mol. The normalized spacial score (nSPS) is 27.8. The summed E-state index contributed by atoms with van der Waals surface area (Å²) in [5, 5.41) is 19.1. The molecule has 0 aliphatic carbocycles. The van der Waals surface area contributed by atoms with Gasteiger partial charge in [-0.25, -0.2) is 4.79 Å². The molecule has 0 saturated carbocycles. The van der Waals surface area contributed by atoms with Crippen molar-refractivity contribution in [3.8, 4) is 0 Å². The number of hydrogen-bond donors (Lipinski definition) is 2. The Balaban J connectivity index is 2.08. The lowest BCUT2D eigenvalue weighted by Gasteiger charge is -2.22. The molecule has 4 atom stereocenters. The molecular weight excluding hydrogens is 252 g/mol. The molecule has 1 heterocycles. The van der Waals surface area contributed by atoms with Crippen molar-refractivity contribution in [2.75, 3.05) is 6.61 Å². The monoisotopic (exact) mass is 266 g/mol. The Morgan fingerprint density at radius 3 is 2.74 bits per heavy atom. The molecule has 1 fully saturated rings. The van der Waals surface area contributed by atoms with Crippen molar-refractivity contribution in [1.29, 1.82) is 0 Å². The molecule has 0 aromatic heterocycles. The number of aliphatic hydroxyl groups excluding tert-OH is 2. The van der Waals surface area contributed by atoms with Crippen LogP contribution in [0, 0.1) is 0 Å². The first-order valence-electron chi connectivity index (χ1n) is 5.82. The van der Waals surface area contributed by atoms with Gasteiger partial charge in [0.05, 0.1) is 12.2 Å². The van der Waals surface area contributed by atoms with Gasteiger partial charge >= 0.3 is 5.97 Å². The Morgan fingerprint density at radius 1 is 1.42 bits per heavy atom. The zero-order valence-electron chi connectivity index (χ0n) is 10.0. The molecule has 1 aromatic carbocycles. The van der Waals surface area contributed by atoms with Crippen LogP contribution in [-0.2, 0) is 14.3 Å². The van der Waals surface area contributed by atoms with Crippen molar-refractivity contribution < 1.29 is 29.3 Å². The summed E-state index contributed by atoms with van der Waals surface area (Å²) in [6.07, 6.45) is -4.32. The van der Waals surface area contributed by atoms with Gasteiger partial charge in [0.2, 0.25) is 0 Å². The second-order valence-electron chi connectivity index (χ2n) is 4.23. The summed E-state index contributed by atoms with van der Waals surface area (Å²) < 4.78 is 10.2. The molecule has 1 aliphatic rings. The molecule has 1 aromatic rings. The number of ether oxygens (including phenoxy) is 2. The van der Waals surface area contributed by atoms with Crippen molar-refractivity contribution in [1.82, 2.24) is 0 Å². The van der Waals surface area contributed by atoms with Crippen LogP contribution in [0.2, 0.25) is 0 Å². The lowest BCUT2D eigenvalue weighted by molar-refractivity contribution is -0.125. The van der Waals surface area contributed by atoms with E-state index in [4.69, 9.17) is 9.47 Å². The van der Waals surface area contributed by atoms with Crippen molar-refractivity contribution in [3.63, 3.8) is 0 Å². The van der Waals surface area contributed by atoms with Gasteiger partial charge in [0, 0.05) is 0 Å². The number of carbonyl (C=O) groups excluding carboxylic acids is 2. The first-order chi connectivity index (χ1) is 9.13. The number of hydrogen-bond acceptors (Lipinski definition) is 6. The van der Waals surface area contributed by atoms with Gasteiger partial charge in [-0.15, -0.1) is 0 Å². The van der Waals surface area contributed by atoms with Crippen molar-refractivity contribution in [2.24, 2.45) is 0 Å². The van der Waals surface area contributed by atoms with E-state index in [9.17, 15) is 19.8 Å². The third-order valence-electron chi connectivity index (χ3n) is 2.89. The van der Waals surface area contributed by atoms with E-state index in [2.05, 4.69) is 0 Å². The first-order valence-corrected chi connectivity index (χ1v) is 5.82. The Morgan fingerprint density at radius 2 is 2.11 bits per heavy atom. The van der Waals surface area contributed by atoms with Gasteiger partial charge in [0.15, 0.2) is 12.4 Å². The van der Waals surface area contributed by atoms with Gasteiger partial charge in [-0.2, -0.15) is 0 Å². The van der Waals surface area contributed by atoms with Crippen LogP contribution in [0.4, 0.5) is 0 Å². The Labute approximate surface area is 109 Å². The summed E-state index contributed by atoms with van der Waals surface area (Å²) in [5.41, 5.74) is 0.320. The van der Waals surface area contributed by atoms with Crippen LogP contribution in [-0.4, -0.2) is 53.5 Å². The summed E-state index contributed by atoms with van der Waals surface area (Å²) in [6.45, 7) is -0.0949. The zero-order valence-corrected chi connectivity index (χ0v) is 10.0. The second-order valence-corrected chi connectivity index (χ2v) is 4.23. The van der Waals surface area contributed by atoms with Crippen LogP contribution < -0.4 is 0 Å². The number of aliphatic hydroxyl groups is 2. The molecule has 102 valence electrons. The molecule has 2 rings (SSSR count). The van der Waals surface area contributed by atoms with E-state index in [1.165, 1.54) is 0 Å². The van der Waals surface area contributed by atoms with Gasteiger partial charge < -0.3 is 24.5 Å². The van der Waals surface area contributed by atoms with Gasteiger partial charge in [0.25, 0.3) is 0 Å². The highest BCUT2D eigenvalue weighted by Crippen LogP contribution is 2.21. The van der Waals surface area contributed by atoms with E-state index >= 15 is 0 Å². The van der Waals surface area contributed by atoms with Crippen LogP contribution in [0.15, 0.2) is 30.3 Å². The molecule has 2 unspecified atom stereocenters. The lowest BCUT2D eigenvalue weighted by atomic mass is 10.1. The fourth-order valence-electron chi connectivity index (χ4n) is 1.90. The third kappa shape index (κ3) is 2.98. The van der Waals surface area contributed by atoms with E-state index < -0.39 is 30.4 Å². The van der Waals surface area contributed by atoms with E-state index in [0.29, 0.717) is 5.56 Å². The van der Waals surface area contributed by atoms with Gasteiger partial charge in [-0.05, 0) is 12.1 Å². The van der Waals surface area contributed by atoms with Crippen molar-refractivity contribution >= 4 is 12.3 Å². The standard InChI is InChI=1S/C13H14O6/c14-6-9(15)11-12(10(16)7-18-11)19-13(17)8-4-2-1-3-5-8/h1-6,9-12,15-16H,7H2/t9?,10?,11-,12-/m0/s1. The highest BCUT2D eigenvalue weighted by Gasteiger charge is 2.43. The van der Waals surface area contributed by atoms with Crippen molar-refractivity contribution in [2.45, 2.75) is 24.4 Å². The highest BCUT2D eigenvalue weighted by molar-refractivity contribution is 5.89. The molecule has 2 N–H and O–H groups in total. The molecule has 6 nitrogen and oxygen atoms in total. The van der Waals surface area contributed by atoms with Crippen LogP contribution in [0.5, 0.6) is 0 Å². The largest absolute Gasteiger partial charge is 0.453 e. The fourth-order valence-corrected chi connectivity index (χ4v) is 1.90. The quantitative estimate of drug-likeness (QED) is 0.565. The summed E-state index contributed by atoms with van der Waals surface area (Å²) in [7, 11) is 0. The molecular formula is C13H14O6. The maximum absolute atomic E-state index is 11.8. The molecule has 1 aliphatic heterocycles. The summed E-state index contributed by atoms with van der Waals surface area (Å²) in [5.74, 6) is -0.641. The van der Waals surface area contributed by atoms with E-state index in [1.54, 1.807) is 30.3 Å². The van der Waals surface area contributed by atoms with Gasteiger partial charge in [-0.1, -0.05) is 18.2 Å². The molecule has 1 saturated heterocycles. The molecule has 19 heavy (non-hydrogen) atoms. The SMILES string of the molecule is O=CC(O)[C@@H]1OCC(O)[C@@H]1OC(=O)c1ccccc1. The fraction of sp³-hybridized carbons (Fsp3) is 0.385. The maximum atomic E-state index is 11.8. The lowest BCUT2D eigenvalue weighted by Crippen LogP contribution is -2.42. The number of esters is 1. The minimum atomic E-state index is -1.44. The minimum absolute atomic E-state index is 0.0949. The van der Waals surface area contributed by atoms with Crippen molar-refractivity contribution in [3.05, 3.63) is 35.9 Å². The van der Waals surface area contributed by atoms with E-state index in [-0.39, 0.29) is 12.9 Å². The number of rotatable bonds is 4. The second kappa shape index (κ2) is 5.92. The summed E-state index contributed by atoms with van der Waals surface area (Å²) in [4.78, 5) is 22.4. The Hall–Kier alpha value is -1.76. The average molecular weight is 266 g/mol. The number of aldehydes is 1. The summed E-state index contributed by atoms with van der Waals surface area (Å²) >= 11 is 0. The topological polar surface area (TPSA) is 93.1 Å². The molecule has 0 amide bonds. The molecule has 0 spiro atoms. The maximum Gasteiger partial charge on any atom is 0.338 e. The van der Waals surface area contributed by atoms with Crippen LogP contribution in [0.3, 0.4) is 0 Å². The molecule has 0 bridgehead atoms. The predicted octanol–water partition coefficient (Wildman–Crippen LogP) is -0.469. The third-order valence-corrected chi connectivity index (χ3v) is 2.89. The minimum Gasteiger partial charge on any atom is -0.453 e. The number of benzene rings is 1. The average Bonchev–Trinajstić information content (AvgIpc) is 2.80. The van der Waals surface area contributed by atoms with Gasteiger partial charge in [0.1, 0.15) is 18.3 Å². The smallest absolute Gasteiger partial charge is 0.338 e. The highest BCUT2D eigenvalue weighted by atomic mass is 16.6. The van der Waals surface area contributed by atoms with Crippen LogP contribution >= 0.6 is 0 Å².